The van der Waals surface area contributed by atoms with Crippen LogP contribution >= 0.6 is 27.3 Å². The number of aromatic nitrogens is 1. The van der Waals surface area contributed by atoms with Crippen LogP contribution in [0.1, 0.15) is 23.0 Å². The Balaban J connectivity index is 1.76. The van der Waals surface area contributed by atoms with Crippen molar-refractivity contribution in [2.45, 2.75) is 13.5 Å². The van der Waals surface area contributed by atoms with Crippen molar-refractivity contribution < 1.29 is 13.9 Å². The Morgan fingerprint density at radius 1 is 1.18 bits per heavy atom. The predicted octanol–water partition coefficient (Wildman–Crippen LogP) is 5.90. The molecule has 28 heavy (non-hydrogen) atoms. The molecule has 142 valence electrons. The molecule has 7 heteroatoms. The summed E-state index contributed by atoms with van der Waals surface area (Å²) < 4.78 is 13.1. The Hall–Kier alpha value is -2.64. The molecule has 0 radical (unpaired) electrons. The van der Waals surface area contributed by atoms with Crippen LogP contribution in [0.4, 0.5) is 5.13 Å². The van der Waals surface area contributed by atoms with E-state index in [1.54, 1.807) is 23.3 Å². The van der Waals surface area contributed by atoms with Crippen LogP contribution in [-0.4, -0.2) is 17.5 Å². The zero-order chi connectivity index (χ0) is 19.5. The van der Waals surface area contributed by atoms with Crippen LogP contribution in [0, 0.1) is 0 Å². The van der Waals surface area contributed by atoms with Crippen molar-refractivity contribution >= 4 is 48.5 Å². The number of rotatable bonds is 6. The van der Waals surface area contributed by atoms with Crippen LogP contribution in [0.3, 0.4) is 0 Å². The summed E-state index contributed by atoms with van der Waals surface area (Å²) in [5, 5.41) is 0.603. The SMILES string of the molecule is CCOc1cccc2sc(N(Cc3ccco3)C(=O)c3ccc(Br)cc3)nc12. The second-order valence-corrected chi connectivity index (χ2v) is 7.93. The zero-order valence-electron chi connectivity index (χ0n) is 15.1. The summed E-state index contributed by atoms with van der Waals surface area (Å²) in [5.41, 5.74) is 1.34. The molecule has 0 aliphatic heterocycles. The van der Waals surface area contributed by atoms with E-state index in [2.05, 4.69) is 15.9 Å². The molecule has 2 heterocycles. The summed E-state index contributed by atoms with van der Waals surface area (Å²) in [4.78, 5) is 19.6. The molecular formula is C21H17BrN2O3S. The van der Waals surface area contributed by atoms with Gasteiger partial charge in [-0.1, -0.05) is 33.3 Å². The van der Waals surface area contributed by atoms with Gasteiger partial charge in [0.1, 0.15) is 17.0 Å². The van der Waals surface area contributed by atoms with Gasteiger partial charge >= 0.3 is 0 Å². The minimum Gasteiger partial charge on any atom is -0.492 e. The molecule has 0 aliphatic rings. The first-order valence-corrected chi connectivity index (χ1v) is 10.4. The largest absolute Gasteiger partial charge is 0.492 e. The molecule has 0 unspecified atom stereocenters. The zero-order valence-corrected chi connectivity index (χ0v) is 17.5. The number of carbonyl (C=O) groups excluding carboxylic acids is 1. The van der Waals surface area contributed by atoms with Crippen molar-refractivity contribution in [3.63, 3.8) is 0 Å². The van der Waals surface area contributed by atoms with Gasteiger partial charge in [-0.25, -0.2) is 4.98 Å². The van der Waals surface area contributed by atoms with Crippen LogP contribution in [0.25, 0.3) is 10.2 Å². The molecule has 0 saturated heterocycles. The van der Waals surface area contributed by atoms with Crippen molar-refractivity contribution in [3.05, 3.63) is 76.7 Å². The van der Waals surface area contributed by atoms with Gasteiger partial charge in [0.15, 0.2) is 5.13 Å². The van der Waals surface area contributed by atoms with E-state index in [-0.39, 0.29) is 5.91 Å². The molecule has 1 amide bonds. The lowest BCUT2D eigenvalue weighted by atomic mass is 10.2. The first-order valence-electron chi connectivity index (χ1n) is 8.78. The molecule has 0 saturated carbocycles. The molecule has 0 atom stereocenters. The summed E-state index contributed by atoms with van der Waals surface area (Å²) in [6, 6.07) is 16.7. The molecule has 4 aromatic rings. The Morgan fingerprint density at radius 3 is 2.71 bits per heavy atom. The lowest BCUT2D eigenvalue weighted by molar-refractivity contribution is 0.0983. The topological polar surface area (TPSA) is 55.6 Å². The molecule has 0 N–H and O–H groups in total. The van der Waals surface area contributed by atoms with Gasteiger partial charge < -0.3 is 9.15 Å². The maximum Gasteiger partial charge on any atom is 0.260 e. The summed E-state index contributed by atoms with van der Waals surface area (Å²) in [7, 11) is 0. The highest BCUT2D eigenvalue weighted by atomic mass is 79.9. The Morgan fingerprint density at radius 2 is 2.00 bits per heavy atom. The Labute approximate surface area is 174 Å². The second-order valence-electron chi connectivity index (χ2n) is 6.01. The van der Waals surface area contributed by atoms with Crippen LogP contribution in [0.5, 0.6) is 5.75 Å². The third kappa shape index (κ3) is 3.81. The van der Waals surface area contributed by atoms with E-state index in [1.165, 1.54) is 11.3 Å². The fourth-order valence-corrected chi connectivity index (χ4v) is 4.08. The highest BCUT2D eigenvalue weighted by Gasteiger charge is 2.23. The number of anilines is 1. The van der Waals surface area contributed by atoms with Gasteiger partial charge in [0.25, 0.3) is 5.91 Å². The number of thiazole rings is 1. The lowest BCUT2D eigenvalue weighted by Crippen LogP contribution is -2.30. The van der Waals surface area contributed by atoms with Crippen molar-refractivity contribution in [2.75, 3.05) is 11.5 Å². The second kappa shape index (κ2) is 8.16. The van der Waals surface area contributed by atoms with Crippen molar-refractivity contribution in [3.8, 4) is 5.75 Å². The van der Waals surface area contributed by atoms with E-state index in [0.717, 1.165) is 20.4 Å². The predicted molar refractivity (Wildman–Crippen MR) is 114 cm³/mol. The van der Waals surface area contributed by atoms with Gasteiger partial charge in [0.05, 0.1) is 24.1 Å². The number of ether oxygens (including phenoxy) is 1. The highest BCUT2D eigenvalue weighted by molar-refractivity contribution is 9.10. The molecule has 5 nitrogen and oxygen atoms in total. The number of fused-ring (bicyclic) bond motifs is 1. The molecule has 2 aromatic carbocycles. The normalized spacial score (nSPS) is 10.9. The first kappa shape index (κ1) is 18.7. The maximum absolute atomic E-state index is 13.3. The fourth-order valence-electron chi connectivity index (χ4n) is 2.83. The summed E-state index contributed by atoms with van der Waals surface area (Å²) in [6.45, 7) is 2.79. The minimum absolute atomic E-state index is 0.138. The minimum atomic E-state index is -0.138. The van der Waals surface area contributed by atoms with Crippen LogP contribution < -0.4 is 9.64 Å². The Bertz CT molecular complexity index is 1090. The quantitative estimate of drug-likeness (QED) is 0.362. The van der Waals surface area contributed by atoms with E-state index in [4.69, 9.17) is 14.1 Å². The number of amides is 1. The van der Waals surface area contributed by atoms with Crippen LogP contribution in [0.15, 0.2) is 69.8 Å². The molecule has 2 aromatic heterocycles. The lowest BCUT2D eigenvalue weighted by Gasteiger charge is -2.18. The van der Waals surface area contributed by atoms with Gasteiger partial charge in [0, 0.05) is 10.0 Å². The first-order chi connectivity index (χ1) is 13.7. The van der Waals surface area contributed by atoms with Crippen molar-refractivity contribution in [2.24, 2.45) is 0 Å². The van der Waals surface area contributed by atoms with E-state index in [1.807, 2.05) is 49.4 Å². The number of furan rings is 1. The average molecular weight is 457 g/mol. The summed E-state index contributed by atoms with van der Waals surface area (Å²) >= 11 is 4.86. The van der Waals surface area contributed by atoms with Crippen LogP contribution in [-0.2, 0) is 6.54 Å². The standard InChI is InChI=1S/C21H17BrN2O3S/c1-2-26-17-6-3-7-18-19(17)23-21(28-18)24(13-16-5-4-12-27-16)20(25)14-8-10-15(22)11-9-14/h3-12H,2,13H2,1H3. The monoisotopic (exact) mass is 456 g/mol. The average Bonchev–Trinajstić information content (AvgIpc) is 3.36. The van der Waals surface area contributed by atoms with Gasteiger partial charge in [-0.05, 0) is 55.5 Å². The van der Waals surface area contributed by atoms with Crippen molar-refractivity contribution in [1.82, 2.24) is 4.98 Å². The fraction of sp³-hybridized carbons (Fsp3) is 0.143. The summed E-state index contributed by atoms with van der Waals surface area (Å²) in [6.07, 6.45) is 1.60. The third-order valence-electron chi connectivity index (χ3n) is 4.13. The number of para-hydroxylation sites is 1. The van der Waals surface area contributed by atoms with E-state index in [9.17, 15) is 4.79 Å². The molecule has 0 spiro atoms. The number of benzene rings is 2. The number of hydrogen-bond acceptors (Lipinski definition) is 5. The molecule has 4 rings (SSSR count). The smallest absolute Gasteiger partial charge is 0.260 e. The van der Waals surface area contributed by atoms with Gasteiger partial charge in [0.2, 0.25) is 0 Å². The van der Waals surface area contributed by atoms with E-state index in [0.29, 0.717) is 29.6 Å². The summed E-state index contributed by atoms with van der Waals surface area (Å²) in [5.74, 6) is 1.27. The maximum atomic E-state index is 13.3. The molecule has 0 aliphatic carbocycles. The number of hydrogen-bond donors (Lipinski definition) is 0. The number of halogens is 1. The Kier molecular flexibility index (Phi) is 5.45. The molecular weight excluding hydrogens is 440 g/mol. The number of carbonyl (C=O) groups is 1. The van der Waals surface area contributed by atoms with Crippen molar-refractivity contribution in [1.29, 1.82) is 0 Å². The highest BCUT2D eigenvalue weighted by Crippen LogP contribution is 2.35. The third-order valence-corrected chi connectivity index (χ3v) is 5.70. The van der Waals surface area contributed by atoms with E-state index < -0.39 is 0 Å². The number of nitrogens with zero attached hydrogens (tertiary/aromatic N) is 2. The molecule has 0 bridgehead atoms. The van der Waals surface area contributed by atoms with Crippen LogP contribution in [0.2, 0.25) is 0 Å². The van der Waals surface area contributed by atoms with Gasteiger partial charge in [-0.15, -0.1) is 0 Å². The van der Waals surface area contributed by atoms with Gasteiger partial charge in [-0.3, -0.25) is 9.69 Å². The van der Waals surface area contributed by atoms with E-state index >= 15 is 0 Å². The van der Waals surface area contributed by atoms with Gasteiger partial charge in [-0.2, -0.15) is 0 Å². The molecule has 0 fully saturated rings.